The van der Waals surface area contributed by atoms with Gasteiger partial charge in [0.2, 0.25) is 0 Å². The number of rotatable bonds is 7. The van der Waals surface area contributed by atoms with E-state index in [9.17, 15) is 9.18 Å². The SMILES string of the molecule is CNCCCC(N)CN1Cc2ccc(OC)cc2-c2c([nH]c3ccc(F)cc23)C1=O. The Hall–Kier alpha value is -2.90. The monoisotopic (exact) mass is 410 g/mol. The first-order valence-corrected chi connectivity index (χ1v) is 10.2. The van der Waals surface area contributed by atoms with E-state index >= 15 is 0 Å². The van der Waals surface area contributed by atoms with Crippen molar-refractivity contribution < 1.29 is 13.9 Å². The highest BCUT2D eigenvalue weighted by Crippen LogP contribution is 2.40. The molecule has 7 heteroatoms. The third kappa shape index (κ3) is 3.78. The van der Waals surface area contributed by atoms with E-state index in [-0.39, 0.29) is 17.8 Å². The molecule has 1 aliphatic rings. The van der Waals surface area contributed by atoms with Crippen molar-refractivity contribution >= 4 is 16.8 Å². The predicted molar refractivity (Wildman–Crippen MR) is 116 cm³/mol. The fourth-order valence-electron chi connectivity index (χ4n) is 4.16. The lowest BCUT2D eigenvalue weighted by Gasteiger charge is -2.25. The van der Waals surface area contributed by atoms with Crippen LogP contribution in [0.3, 0.4) is 0 Å². The molecule has 1 atom stereocenters. The van der Waals surface area contributed by atoms with Crippen molar-refractivity contribution in [3.8, 4) is 16.9 Å². The number of H-pyrrole nitrogens is 1. The van der Waals surface area contributed by atoms with Gasteiger partial charge >= 0.3 is 0 Å². The van der Waals surface area contributed by atoms with Gasteiger partial charge in [-0.2, -0.15) is 0 Å². The minimum atomic E-state index is -0.339. The number of aromatic nitrogens is 1. The van der Waals surface area contributed by atoms with Gasteiger partial charge in [0, 0.05) is 35.6 Å². The van der Waals surface area contributed by atoms with Gasteiger partial charge in [0.1, 0.15) is 17.3 Å². The van der Waals surface area contributed by atoms with E-state index < -0.39 is 0 Å². The number of aromatic amines is 1. The number of benzene rings is 2. The summed E-state index contributed by atoms with van der Waals surface area (Å²) in [6.45, 7) is 1.79. The van der Waals surface area contributed by atoms with Crippen LogP contribution in [-0.4, -0.2) is 49.1 Å². The van der Waals surface area contributed by atoms with Gasteiger partial charge in [-0.1, -0.05) is 6.07 Å². The number of amides is 1. The van der Waals surface area contributed by atoms with Crippen LogP contribution in [0.15, 0.2) is 36.4 Å². The molecule has 158 valence electrons. The van der Waals surface area contributed by atoms with Gasteiger partial charge in [-0.15, -0.1) is 0 Å². The summed E-state index contributed by atoms with van der Waals surface area (Å²) >= 11 is 0. The highest BCUT2D eigenvalue weighted by Gasteiger charge is 2.30. The zero-order valence-electron chi connectivity index (χ0n) is 17.3. The summed E-state index contributed by atoms with van der Waals surface area (Å²) in [7, 11) is 3.52. The van der Waals surface area contributed by atoms with Crippen LogP contribution in [-0.2, 0) is 6.54 Å². The molecular weight excluding hydrogens is 383 g/mol. The molecular formula is C23H27FN4O2. The van der Waals surface area contributed by atoms with Crippen molar-refractivity contribution in [3.05, 3.63) is 53.5 Å². The maximum absolute atomic E-state index is 14.0. The Kier molecular flexibility index (Phi) is 5.74. The minimum Gasteiger partial charge on any atom is -0.497 e. The Balaban J connectivity index is 1.80. The van der Waals surface area contributed by atoms with Crippen LogP contribution in [0.1, 0.15) is 28.9 Å². The molecule has 0 fully saturated rings. The summed E-state index contributed by atoms with van der Waals surface area (Å²) in [5.41, 5.74) is 10.1. The predicted octanol–water partition coefficient (Wildman–Crippen LogP) is 3.27. The van der Waals surface area contributed by atoms with Crippen LogP contribution >= 0.6 is 0 Å². The molecule has 0 saturated heterocycles. The zero-order valence-corrected chi connectivity index (χ0v) is 17.3. The maximum atomic E-state index is 14.0. The first-order valence-electron chi connectivity index (χ1n) is 10.2. The van der Waals surface area contributed by atoms with E-state index in [0.29, 0.717) is 29.9 Å². The highest BCUT2D eigenvalue weighted by molar-refractivity contribution is 6.11. The third-order valence-corrected chi connectivity index (χ3v) is 5.67. The van der Waals surface area contributed by atoms with Crippen LogP contribution in [0.4, 0.5) is 4.39 Å². The van der Waals surface area contributed by atoms with E-state index in [1.165, 1.54) is 12.1 Å². The Morgan fingerprint density at radius 2 is 2.13 bits per heavy atom. The summed E-state index contributed by atoms with van der Waals surface area (Å²) in [5, 5.41) is 3.81. The topological polar surface area (TPSA) is 83.4 Å². The van der Waals surface area contributed by atoms with Gasteiger partial charge in [-0.3, -0.25) is 4.79 Å². The van der Waals surface area contributed by atoms with Crippen LogP contribution in [0, 0.1) is 5.82 Å². The standard InChI is InChI=1S/C23H27FN4O2/c1-26-9-3-4-16(25)13-28-12-14-5-7-17(30-2)11-18(14)21-19-10-15(24)6-8-20(19)27-22(21)23(28)29/h5-8,10-11,16,26-27H,3-4,9,12-13,25H2,1-2H3. The number of fused-ring (bicyclic) bond motifs is 5. The molecule has 0 bridgehead atoms. The van der Waals surface area contributed by atoms with Gasteiger partial charge in [-0.25, -0.2) is 4.39 Å². The second-order valence-electron chi connectivity index (χ2n) is 7.78. The highest BCUT2D eigenvalue weighted by atomic mass is 19.1. The molecule has 1 aromatic heterocycles. The number of hydrogen-bond acceptors (Lipinski definition) is 4. The van der Waals surface area contributed by atoms with Crippen LogP contribution in [0.25, 0.3) is 22.0 Å². The molecule has 0 saturated carbocycles. The molecule has 1 unspecified atom stereocenters. The van der Waals surface area contributed by atoms with Gasteiger partial charge in [0.15, 0.2) is 0 Å². The largest absolute Gasteiger partial charge is 0.497 e. The van der Waals surface area contributed by atoms with E-state index in [2.05, 4.69) is 10.3 Å². The summed E-state index contributed by atoms with van der Waals surface area (Å²) in [5.74, 6) is 0.227. The van der Waals surface area contributed by atoms with Crippen molar-refractivity contribution in [2.75, 3.05) is 27.2 Å². The van der Waals surface area contributed by atoms with E-state index in [1.54, 1.807) is 18.1 Å². The second-order valence-corrected chi connectivity index (χ2v) is 7.78. The van der Waals surface area contributed by atoms with Gasteiger partial charge in [0.25, 0.3) is 5.91 Å². The molecule has 30 heavy (non-hydrogen) atoms. The number of carbonyl (C=O) groups excluding carboxylic acids is 1. The average Bonchev–Trinajstić information content (AvgIpc) is 3.06. The normalized spacial score (nSPS) is 14.4. The van der Waals surface area contributed by atoms with Gasteiger partial charge in [-0.05, 0) is 67.9 Å². The van der Waals surface area contributed by atoms with Gasteiger partial charge in [0.05, 0.1) is 7.11 Å². The number of ether oxygens (including phenoxy) is 1. The number of hydrogen-bond donors (Lipinski definition) is 3. The molecule has 0 radical (unpaired) electrons. The number of nitrogens with one attached hydrogen (secondary N) is 2. The zero-order chi connectivity index (χ0) is 21.3. The van der Waals surface area contributed by atoms with E-state index in [0.717, 1.165) is 41.6 Å². The van der Waals surface area contributed by atoms with Gasteiger partial charge < -0.3 is 25.7 Å². The third-order valence-electron chi connectivity index (χ3n) is 5.67. The molecule has 2 heterocycles. The minimum absolute atomic E-state index is 0.118. The number of methoxy groups -OCH3 is 1. The average molecular weight is 410 g/mol. The van der Waals surface area contributed by atoms with Crippen LogP contribution < -0.4 is 15.8 Å². The van der Waals surface area contributed by atoms with E-state index in [4.69, 9.17) is 10.5 Å². The van der Waals surface area contributed by atoms with Crippen molar-refractivity contribution in [3.63, 3.8) is 0 Å². The van der Waals surface area contributed by atoms with Crippen molar-refractivity contribution in [2.24, 2.45) is 5.73 Å². The summed E-state index contributed by atoms with van der Waals surface area (Å²) < 4.78 is 19.5. The number of nitrogens with zero attached hydrogens (tertiary/aromatic N) is 1. The van der Waals surface area contributed by atoms with Crippen LogP contribution in [0.5, 0.6) is 5.75 Å². The number of halogens is 1. The Morgan fingerprint density at radius 1 is 1.30 bits per heavy atom. The molecule has 2 aromatic carbocycles. The molecule has 0 aliphatic carbocycles. The molecule has 4 rings (SSSR count). The molecule has 3 aromatic rings. The summed E-state index contributed by atoms with van der Waals surface area (Å²) in [6, 6.07) is 10.2. The quantitative estimate of drug-likeness (QED) is 0.522. The summed E-state index contributed by atoms with van der Waals surface area (Å²) in [6.07, 6.45) is 1.77. The van der Waals surface area contributed by atoms with Crippen molar-refractivity contribution in [1.29, 1.82) is 0 Å². The Bertz CT molecular complexity index is 1080. The van der Waals surface area contributed by atoms with Crippen molar-refractivity contribution in [2.45, 2.75) is 25.4 Å². The Labute approximate surface area is 175 Å². The Morgan fingerprint density at radius 3 is 2.90 bits per heavy atom. The van der Waals surface area contributed by atoms with E-state index in [1.807, 2.05) is 25.2 Å². The first kappa shape index (κ1) is 20.4. The fourth-order valence-corrected chi connectivity index (χ4v) is 4.16. The number of carbonyl (C=O) groups is 1. The molecule has 0 spiro atoms. The summed E-state index contributed by atoms with van der Waals surface area (Å²) in [4.78, 5) is 18.5. The molecule has 1 amide bonds. The molecule has 6 nitrogen and oxygen atoms in total. The first-order chi connectivity index (χ1) is 14.5. The fraction of sp³-hybridized carbons (Fsp3) is 0.348. The number of nitrogens with two attached hydrogens (primary N) is 1. The second kappa shape index (κ2) is 8.45. The lowest BCUT2D eigenvalue weighted by atomic mass is 9.97. The lowest BCUT2D eigenvalue weighted by molar-refractivity contribution is 0.0729. The lowest BCUT2D eigenvalue weighted by Crippen LogP contribution is -2.40. The smallest absolute Gasteiger partial charge is 0.271 e. The molecule has 4 N–H and O–H groups in total. The van der Waals surface area contributed by atoms with Crippen molar-refractivity contribution in [1.82, 2.24) is 15.2 Å². The van der Waals surface area contributed by atoms with Crippen LogP contribution in [0.2, 0.25) is 0 Å². The maximum Gasteiger partial charge on any atom is 0.271 e. The molecule has 1 aliphatic heterocycles.